The molecule has 0 atom stereocenters. The standard InChI is InChI=1S/C22H20ClNO4S/c1-4-7-15-10-14(12-19-21(25)24(2)22(26)29-19)11-18(27-3)20(15)28-13-16-8-5-6-9-17(16)23/h4-6,8-12H,1,7,13H2,2-3H3/b19-12-. The first-order valence-electron chi connectivity index (χ1n) is 8.84. The lowest BCUT2D eigenvalue weighted by Gasteiger charge is -2.16. The predicted molar refractivity (Wildman–Crippen MR) is 116 cm³/mol. The number of halogens is 1. The van der Waals surface area contributed by atoms with Crippen molar-refractivity contribution in [2.75, 3.05) is 14.2 Å². The highest BCUT2D eigenvalue weighted by Gasteiger charge is 2.31. The van der Waals surface area contributed by atoms with E-state index < -0.39 is 0 Å². The lowest BCUT2D eigenvalue weighted by Crippen LogP contribution is -2.22. The molecule has 0 unspecified atom stereocenters. The molecule has 0 bridgehead atoms. The number of allylic oxidation sites excluding steroid dienone is 1. The third-order valence-electron chi connectivity index (χ3n) is 4.35. The number of rotatable bonds is 7. The maximum absolute atomic E-state index is 12.2. The van der Waals surface area contributed by atoms with E-state index in [2.05, 4.69) is 6.58 Å². The molecule has 2 aromatic carbocycles. The molecular weight excluding hydrogens is 410 g/mol. The average molecular weight is 430 g/mol. The van der Waals surface area contributed by atoms with Gasteiger partial charge in [-0.1, -0.05) is 35.9 Å². The van der Waals surface area contributed by atoms with Gasteiger partial charge in [0.25, 0.3) is 11.1 Å². The summed E-state index contributed by atoms with van der Waals surface area (Å²) in [5.74, 6) is 0.801. The fourth-order valence-corrected chi connectivity index (χ4v) is 3.87. The normalized spacial score (nSPS) is 15.1. The van der Waals surface area contributed by atoms with Crippen LogP contribution in [0.5, 0.6) is 11.5 Å². The van der Waals surface area contributed by atoms with Crippen molar-refractivity contribution in [3.63, 3.8) is 0 Å². The summed E-state index contributed by atoms with van der Waals surface area (Å²) >= 11 is 7.14. The molecule has 2 amide bonds. The van der Waals surface area contributed by atoms with E-state index in [1.165, 1.54) is 7.05 Å². The van der Waals surface area contributed by atoms with Gasteiger partial charge in [0, 0.05) is 23.2 Å². The molecule has 0 saturated carbocycles. The van der Waals surface area contributed by atoms with Gasteiger partial charge in [-0.2, -0.15) is 0 Å². The first-order valence-corrected chi connectivity index (χ1v) is 10.0. The molecule has 0 aromatic heterocycles. The Labute approximate surface area is 178 Å². The highest BCUT2D eigenvalue weighted by molar-refractivity contribution is 8.18. The van der Waals surface area contributed by atoms with Gasteiger partial charge in [-0.25, -0.2) is 0 Å². The summed E-state index contributed by atoms with van der Waals surface area (Å²) in [6.45, 7) is 4.09. The molecule has 1 heterocycles. The number of likely N-dealkylation sites (N-methyl/N-ethyl adjacent to an activating group) is 1. The lowest BCUT2D eigenvalue weighted by molar-refractivity contribution is -0.121. The van der Waals surface area contributed by atoms with Gasteiger partial charge in [-0.3, -0.25) is 14.5 Å². The number of carbonyl (C=O) groups is 2. The van der Waals surface area contributed by atoms with E-state index in [1.807, 2.05) is 30.3 Å². The van der Waals surface area contributed by atoms with Crippen molar-refractivity contribution in [3.05, 3.63) is 75.7 Å². The minimum atomic E-state index is -0.316. The fourth-order valence-electron chi connectivity index (χ4n) is 2.85. The van der Waals surface area contributed by atoms with Gasteiger partial charge in [0.2, 0.25) is 0 Å². The van der Waals surface area contributed by atoms with Crippen LogP contribution in [-0.2, 0) is 17.8 Å². The summed E-state index contributed by atoms with van der Waals surface area (Å²) in [5.41, 5.74) is 2.46. The molecule has 7 heteroatoms. The number of nitrogens with zero attached hydrogens (tertiary/aromatic N) is 1. The molecule has 150 valence electrons. The first kappa shape index (κ1) is 21.0. The molecule has 0 N–H and O–H groups in total. The quantitative estimate of drug-likeness (QED) is 0.440. The van der Waals surface area contributed by atoms with Crippen molar-refractivity contribution in [1.29, 1.82) is 0 Å². The molecule has 2 aromatic rings. The Morgan fingerprint density at radius 2 is 1.97 bits per heavy atom. The Kier molecular flexibility index (Phi) is 6.67. The van der Waals surface area contributed by atoms with Crippen LogP contribution in [0.4, 0.5) is 4.79 Å². The zero-order valence-corrected chi connectivity index (χ0v) is 17.7. The summed E-state index contributed by atoms with van der Waals surface area (Å²) < 4.78 is 11.6. The largest absolute Gasteiger partial charge is 0.493 e. The number of ether oxygens (including phenoxy) is 2. The summed E-state index contributed by atoms with van der Waals surface area (Å²) in [5, 5.41) is 0.336. The Hall–Kier alpha value is -2.70. The number of benzene rings is 2. The van der Waals surface area contributed by atoms with E-state index in [0.29, 0.717) is 27.8 Å². The van der Waals surface area contributed by atoms with Crippen LogP contribution in [0.3, 0.4) is 0 Å². The van der Waals surface area contributed by atoms with Crippen molar-refractivity contribution < 1.29 is 19.1 Å². The smallest absolute Gasteiger partial charge is 0.293 e. The molecule has 1 aliphatic rings. The Morgan fingerprint density at radius 1 is 1.21 bits per heavy atom. The third-order valence-corrected chi connectivity index (χ3v) is 5.68. The molecule has 0 aliphatic carbocycles. The van der Waals surface area contributed by atoms with Crippen LogP contribution < -0.4 is 9.47 Å². The number of hydrogen-bond donors (Lipinski definition) is 0. The predicted octanol–water partition coefficient (Wildman–Crippen LogP) is 5.32. The monoisotopic (exact) mass is 429 g/mol. The van der Waals surface area contributed by atoms with E-state index in [0.717, 1.165) is 33.4 Å². The van der Waals surface area contributed by atoms with E-state index in [-0.39, 0.29) is 17.8 Å². The van der Waals surface area contributed by atoms with Crippen molar-refractivity contribution >= 4 is 40.6 Å². The van der Waals surface area contributed by atoms with Crippen LogP contribution in [0.25, 0.3) is 6.08 Å². The van der Waals surface area contributed by atoms with Crippen LogP contribution >= 0.6 is 23.4 Å². The van der Waals surface area contributed by atoms with Gasteiger partial charge >= 0.3 is 0 Å². The van der Waals surface area contributed by atoms with E-state index in [1.54, 1.807) is 25.3 Å². The van der Waals surface area contributed by atoms with Gasteiger partial charge in [-0.15, -0.1) is 6.58 Å². The molecule has 29 heavy (non-hydrogen) atoms. The second-order valence-electron chi connectivity index (χ2n) is 6.33. The van der Waals surface area contributed by atoms with Gasteiger partial charge in [0.1, 0.15) is 6.61 Å². The molecule has 1 fully saturated rings. The van der Waals surface area contributed by atoms with Crippen molar-refractivity contribution in [3.8, 4) is 11.5 Å². The zero-order chi connectivity index (χ0) is 21.0. The number of methoxy groups -OCH3 is 1. The minimum Gasteiger partial charge on any atom is -0.493 e. The second-order valence-corrected chi connectivity index (χ2v) is 7.73. The van der Waals surface area contributed by atoms with E-state index in [9.17, 15) is 9.59 Å². The van der Waals surface area contributed by atoms with Gasteiger partial charge < -0.3 is 9.47 Å². The number of carbonyl (C=O) groups excluding carboxylic acids is 2. The molecule has 0 spiro atoms. The van der Waals surface area contributed by atoms with Gasteiger partial charge in [0.05, 0.1) is 12.0 Å². The Morgan fingerprint density at radius 3 is 2.59 bits per heavy atom. The highest BCUT2D eigenvalue weighted by atomic mass is 35.5. The molecule has 1 aliphatic heterocycles. The third kappa shape index (κ3) is 4.66. The highest BCUT2D eigenvalue weighted by Crippen LogP contribution is 2.37. The van der Waals surface area contributed by atoms with Crippen LogP contribution in [0, 0.1) is 0 Å². The summed E-state index contributed by atoms with van der Waals surface area (Å²) in [6.07, 6.45) is 3.99. The van der Waals surface area contributed by atoms with Crippen molar-refractivity contribution in [2.24, 2.45) is 0 Å². The molecule has 5 nitrogen and oxygen atoms in total. The first-order chi connectivity index (χ1) is 13.9. The van der Waals surface area contributed by atoms with Crippen molar-refractivity contribution in [1.82, 2.24) is 4.90 Å². The molecule has 0 radical (unpaired) electrons. The summed E-state index contributed by atoms with van der Waals surface area (Å²) in [7, 11) is 3.02. The van der Waals surface area contributed by atoms with E-state index in [4.69, 9.17) is 21.1 Å². The molecule has 1 saturated heterocycles. The summed E-state index contributed by atoms with van der Waals surface area (Å²) in [6, 6.07) is 11.1. The van der Waals surface area contributed by atoms with Gasteiger partial charge in [-0.05, 0) is 48.0 Å². The minimum absolute atomic E-state index is 0.286. The van der Waals surface area contributed by atoms with Crippen LogP contribution in [-0.4, -0.2) is 30.2 Å². The Bertz CT molecular complexity index is 1000. The van der Waals surface area contributed by atoms with Crippen LogP contribution in [0.2, 0.25) is 5.02 Å². The Balaban J connectivity index is 1.95. The lowest BCUT2D eigenvalue weighted by atomic mass is 10.0. The zero-order valence-electron chi connectivity index (χ0n) is 16.1. The van der Waals surface area contributed by atoms with Crippen molar-refractivity contribution in [2.45, 2.75) is 13.0 Å². The molecular formula is C22H20ClNO4S. The maximum atomic E-state index is 12.2. The fraction of sp³-hybridized carbons (Fsp3) is 0.182. The number of thioether (sulfide) groups is 1. The summed E-state index contributed by atoms with van der Waals surface area (Å²) in [4.78, 5) is 25.4. The van der Waals surface area contributed by atoms with Crippen LogP contribution in [0.1, 0.15) is 16.7 Å². The van der Waals surface area contributed by atoms with Crippen LogP contribution in [0.15, 0.2) is 54.0 Å². The topological polar surface area (TPSA) is 55.8 Å². The molecule has 3 rings (SSSR count). The number of amides is 2. The number of hydrogen-bond acceptors (Lipinski definition) is 5. The SMILES string of the molecule is C=CCc1cc(/C=C2\SC(=O)N(C)C2=O)cc(OC)c1OCc1ccccc1Cl. The number of imide groups is 1. The second kappa shape index (κ2) is 9.20. The van der Waals surface area contributed by atoms with E-state index >= 15 is 0 Å². The van der Waals surface area contributed by atoms with Gasteiger partial charge in [0.15, 0.2) is 11.5 Å². The maximum Gasteiger partial charge on any atom is 0.293 e. The average Bonchev–Trinajstić information content (AvgIpc) is 2.95.